The van der Waals surface area contributed by atoms with Crippen molar-refractivity contribution in [3.63, 3.8) is 0 Å². The highest BCUT2D eigenvalue weighted by atomic mass is 32.2. The van der Waals surface area contributed by atoms with Gasteiger partial charge < -0.3 is 9.15 Å². The molecule has 104 valence electrons. The Hall–Kier alpha value is -1.89. The molecule has 0 amide bonds. The van der Waals surface area contributed by atoms with Gasteiger partial charge in [-0.1, -0.05) is 11.2 Å². The van der Waals surface area contributed by atoms with E-state index in [1.165, 1.54) is 17.3 Å². The number of carbonyl (C=O) groups is 1. The number of nitrogens with zero attached hydrogens (tertiary/aromatic N) is 3. The first-order valence-electron chi connectivity index (χ1n) is 6.43. The summed E-state index contributed by atoms with van der Waals surface area (Å²) in [5.41, 5.74) is 2.45. The maximum Gasteiger partial charge on any atom is 0.396 e. The van der Waals surface area contributed by atoms with Crippen molar-refractivity contribution in [1.29, 1.82) is 0 Å². The van der Waals surface area contributed by atoms with Crippen LogP contribution in [0.25, 0.3) is 0 Å². The number of fused-ring (bicyclic) bond motifs is 1. The van der Waals surface area contributed by atoms with Crippen LogP contribution in [0.3, 0.4) is 0 Å². The molecule has 2 aromatic rings. The van der Waals surface area contributed by atoms with E-state index in [9.17, 15) is 4.79 Å². The van der Waals surface area contributed by atoms with Crippen LogP contribution in [-0.4, -0.2) is 27.8 Å². The van der Waals surface area contributed by atoms with Gasteiger partial charge in [0.1, 0.15) is 5.03 Å². The first-order valence-corrected chi connectivity index (χ1v) is 7.25. The molecule has 2 aromatic heterocycles. The van der Waals surface area contributed by atoms with Crippen LogP contribution in [0.4, 0.5) is 0 Å². The van der Waals surface area contributed by atoms with Gasteiger partial charge in [0.05, 0.1) is 6.61 Å². The van der Waals surface area contributed by atoms with Crippen molar-refractivity contribution in [2.75, 3.05) is 6.61 Å². The van der Waals surface area contributed by atoms with Crippen molar-refractivity contribution in [1.82, 2.24) is 15.2 Å². The Morgan fingerprint density at radius 3 is 3.15 bits per heavy atom. The molecular formula is C13H13N3O3S. The van der Waals surface area contributed by atoms with Crippen LogP contribution in [0.15, 0.2) is 26.8 Å². The molecule has 0 unspecified atom stereocenters. The average Bonchev–Trinajstić information content (AvgIpc) is 3.07. The van der Waals surface area contributed by atoms with Crippen LogP contribution < -0.4 is 0 Å². The van der Waals surface area contributed by atoms with E-state index in [1.54, 1.807) is 6.92 Å². The van der Waals surface area contributed by atoms with Gasteiger partial charge in [0.2, 0.25) is 0 Å². The van der Waals surface area contributed by atoms with Crippen molar-refractivity contribution in [2.45, 2.75) is 36.4 Å². The molecule has 0 spiro atoms. The Labute approximate surface area is 119 Å². The first kappa shape index (κ1) is 13.1. The summed E-state index contributed by atoms with van der Waals surface area (Å²) in [7, 11) is 0. The normalized spacial score (nSPS) is 13.2. The topological polar surface area (TPSA) is 78.1 Å². The molecular weight excluding hydrogens is 278 g/mol. The second-order valence-electron chi connectivity index (χ2n) is 4.30. The number of esters is 1. The summed E-state index contributed by atoms with van der Waals surface area (Å²) in [6, 6.07) is 4.02. The standard InChI is InChI=1S/C13H13N3O3S/c1-2-18-12(17)11-15-16-13(19-11)20-10-7-6-8-4-3-5-9(8)14-10/h6-7H,2-5H2,1H3. The highest BCUT2D eigenvalue weighted by Gasteiger charge is 2.18. The van der Waals surface area contributed by atoms with Crippen molar-refractivity contribution >= 4 is 17.7 Å². The van der Waals surface area contributed by atoms with Gasteiger partial charge in [0, 0.05) is 5.69 Å². The first-order chi connectivity index (χ1) is 9.76. The van der Waals surface area contributed by atoms with E-state index in [-0.39, 0.29) is 12.5 Å². The molecule has 0 saturated carbocycles. The molecule has 0 radical (unpaired) electrons. The molecule has 6 nitrogen and oxygen atoms in total. The van der Waals surface area contributed by atoms with Crippen LogP contribution in [0.1, 0.15) is 35.3 Å². The molecule has 0 fully saturated rings. The number of aromatic nitrogens is 3. The number of pyridine rings is 1. The zero-order chi connectivity index (χ0) is 13.9. The summed E-state index contributed by atoms with van der Waals surface area (Å²) in [5, 5.41) is 8.56. The lowest BCUT2D eigenvalue weighted by Crippen LogP contribution is -2.04. The maximum atomic E-state index is 11.4. The number of aryl methyl sites for hydroxylation is 2. The molecule has 0 saturated heterocycles. The highest BCUT2D eigenvalue weighted by Crippen LogP contribution is 2.28. The molecule has 0 aliphatic heterocycles. The second kappa shape index (κ2) is 5.62. The molecule has 2 heterocycles. The molecule has 0 atom stereocenters. The van der Waals surface area contributed by atoms with Gasteiger partial charge in [-0.2, -0.15) is 0 Å². The minimum atomic E-state index is -0.603. The number of carbonyl (C=O) groups excluding carboxylic acids is 1. The Kier molecular flexibility index (Phi) is 3.68. The molecule has 3 rings (SSSR count). The fraction of sp³-hybridized carbons (Fsp3) is 0.385. The summed E-state index contributed by atoms with van der Waals surface area (Å²) in [4.78, 5) is 16.0. The Morgan fingerprint density at radius 1 is 1.40 bits per heavy atom. The summed E-state index contributed by atoms with van der Waals surface area (Å²) in [5.74, 6) is -0.732. The predicted molar refractivity (Wildman–Crippen MR) is 70.6 cm³/mol. The van der Waals surface area contributed by atoms with Crippen molar-refractivity contribution < 1.29 is 13.9 Å². The van der Waals surface area contributed by atoms with Crippen LogP contribution >= 0.6 is 11.8 Å². The Morgan fingerprint density at radius 2 is 2.30 bits per heavy atom. The zero-order valence-electron chi connectivity index (χ0n) is 11.0. The summed E-state index contributed by atoms with van der Waals surface area (Å²) in [6.07, 6.45) is 3.27. The molecule has 0 aromatic carbocycles. The molecule has 1 aliphatic rings. The van der Waals surface area contributed by atoms with E-state index in [0.29, 0.717) is 5.22 Å². The summed E-state index contributed by atoms with van der Waals surface area (Å²) in [6.45, 7) is 1.99. The van der Waals surface area contributed by atoms with Crippen LogP contribution in [0.2, 0.25) is 0 Å². The van der Waals surface area contributed by atoms with E-state index in [2.05, 4.69) is 21.2 Å². The molecule has 0 N–H and O–H groups in total. The van der Waals surface area contributed by atoms with Crippen molar-refractivity contribution in [3.8, 4) is 0 Å². The molecule has 0 bridgehead atoms. The number of rotatable bonds is 4. The third kappa shape index (κ3) is 2.67. The van der Waals surface area contributed by atoms with Crippen LogP contribution in [-0.2, 0) is 17.6 Å². The average molecular weight is 291 g/mol. The van der Waals surface area contributed by atoms with Crippen molar-refractivity contribution in [3.05, 3.63) is 29.3 Å². The van der Waals surface area contributed by atoms with E-state index >= 15 is 0 Å². The number of ether oxygens (including phenoxy) is 1. The van der Waals surface area contributed by atoms with Gasteiger partial charge >= 0.3 is 11.9 Å². The minimum Gasteiger partial charge on any atom is -0.459 e. The Bertz CT molecular complexity index is 642. The van der Waals surface area contributed by atoms with E-state index in [4.69, 9.17) is 9.15 Å². The van der Waals surface area contributed by atoms with Crippen molar-refractivity contribution in [2.24, 2.45) is 0 Å². The zero-order valence-corrected chi connectivity index (χ0v) is 11.8. The SMILES string of the molecule is CCOC(=O)c1nnc(Sc2ccc3c(n2)CCC3)o1. The largest absolute Gasteiger partial charge is 0.459 e. The van der Waals surface area contributed by atoms with Crippen LogP contribution in [0.5, 0.6) is 0 Å². The Balaban J connectivity index is 1.73. The maximum absolute atomic E-state index is 11.4. The lowest BCUT2D eigenvalue weighted by atomic mass is 10.2. The third-order valence-electron chi connectivity index (χ3n) is 2.95. The number of hydrogen-bond acceptors (Lipinski definition) is 7. The predicted octanol–water partition coefficient (Wildman–Crippen LogP) is 2.28. The highest BCUT2D eigenvalue weighted by molar-refractivity contribution is 7.99. The summed E-state index contributed by atoms with van der Waals surface area (Å²) >= 11 is 1.25. The fourth-order valence-electron chi connectivity index (χ4n) is 2.07. The van der Waals surface area contributed by atoms with Gasteiger partial charge in [-0.15, -0.1) is 5.10 Å². The number of hydrogen-bond donors (Lipinski definition) is 0. The lowest BCUT2D eigenvalue weighted by Gasteiger charge is -2.00. The van der Waals surface area contributed by atoms with Gasteiger partial charge in [-0.05, 0) is 49.6 Å². The van der Waals surface area contributed by atoms with Gasteiger partial charge in [-0.25, -0.2) is 9.78 Å². The fourth-order valence-corrected chi connectivity index (χ4v) is 2.75. The van der Waals surface area contributed by atoms with E-state index in [1.807, 2.05) is 6.07 Å². The van der Waals surface area contributed by atoms with Crippen LogP contribution in [0, 0.1) is 0 Å². The minimum absolute atomic E-state index is 0.129. The third-order valence-corrected chi connectivity index (χ3v) is 3.73. The quantitative estimate of drug-likeness (QED) is 0.799. The van der Waals surface area contributed by atoms with Gasteiger partial charge in [0.25, 0.3) is 5.22 Å². The molecule has 1 aliphatic carbocycles. The molecule has 20 heavy (non-hydrogen) atoms. The van der Waals surface area contributed by atoms with E-state index < -0.39 is 5.97 Å². The van der Waals surface area contributed by atoms with Gasteiger partial charge in [-0.3, -0.25) is 0 Å². The smallest absolute Gasteiger partial charge is 0.396 e. The monoisotopic (exact) mass is 291 g/mol. The second-order valence-corrected chi connectivity index (χ2v) is 5.28. The summed E-state index contributed by atoms with van der Waals surface area (Å²) < 4.78 is 10.0. The molecule has 7 heteroatoms. The van der Waals surface area contributed by atoms with E-state index in [0.717, 1.165) is 30.0 Å². The van der Waals surface area contributed by atoms with Gasteiger partial charge in [0.15, 0.2) is 0 Å². The lowest BCUT2D eigenvalue weighted by molar-refractivity contribution is 0.0475.